The number of aryl methyl sites for hydroxylation is 1. The monoisotopic (exact) mass is 688 g/mol. The van der Waals surface area contributed by atoms with Crippen LogP contribution in [0, 0.1) is 18.8 Å². The number of carbonyl (C=O) groups excluding carboxylic acids is 2. The van der Waals surface area contributed by atoms with E-state index in [4.69, 9.17) is 5.11 Å². The van der Waals surface area contributed by atoms with Crippen LogP contribution in [0.1, 0.15) is 49.7 Å². The second-order valence-corrected chi connectivity index (χ2v) is 14.8. The molecule has 0 spiro atoms. The molecule has 0 aliphatic heterocycles. The van der Waals surface area contributed by atoms with Crippen LogP contribution in [0.5, 0.6) is 0 Å². The zero-order valence-corrected chi connectivity index (χ0v) is 27.9. The van der Waals surface area contributed by atoms with Gasteiger partial charge < -0.3 is 21.1 Å². The third kappa shape index (κ3) is 8.38. The van der Waals surface area contributed by atoms with Gasteiger partial charge in [0.2, 0.25) is 21.8 Å². The van der Waals surface area contributed by atoms with Crippen molar-refractivity contribution in [3.05, 3.63) is 82.1 Å². The van der Waals surface area contributed by atoms with Gasteiger partial charge in [0.1, 0.15) is 6.04 Å². The number of hydrogen-bond acceptors (Lipinski definition) is 6. The predicted molar refractivity (Wildman–Crippen MR) is 185 cm³/mol. The number of nitrogens with one attached hydrogen (secondary N) is 6. The van der Waals surface area contributed by atoms with Crippen LogP contribution in [0.15, 0.2) is 70.4 Å². The first-order valence-electron chi connectivity index (χ1n) is 16.5. The van der Waals surface area contributed by atoms with E-state index in [1.165, 1.54) is 0 Å². The molecule has 0 radical (unpaired) electrons. The highest BCUT2D eigenvalue weighted by atomic mass is 32.2. The minimum absolute atomic E-state index is 0.0182. The van der Waals surface area contributed by atoms with Crippen molar-refractivity contribution in [3.63, 3.8) is 0 Å². The highest BCUT2D eigenvalue weighted by Crippen LogP contribution is 2.30. The number of carboxylic acid groups (broad SMARTS) is 1. The van der Waals surface area contributed by atoms with Crippen molar-refractivity contribution < 1.29 is 27.9 Å². The van der Waals surface area contributed by atoms with Gasteiger partial charge in [0.05, 0.1) is 15.8 Å². The summed E-state index contributed by atoms with van der Waals surface area (Å²) in [5.74, 6) is -0.777. The lowest BCUT2D eigenvalue weighted by molar-refractivity contribution is -0.130. The van der Waals surface area contributed by atoms with Crippen LogP contribution in [0.4, 0.5) is 10.5 Å². The molecule has 1 atom stereocenters. The lowest BCUT2D eigenvalue weighted by Gasteiger charge is -2.29. The molecule has 2 fully saturated rings. The number of hydrogen-bond donors (Lipinski definition) is 7. The summed E-state index contributed by atoms with van der Waals surface area (Å²) in [4.78, 5) is 50.2. The van der Waals surface area contributed by atoms with Gasteiger partial charge in [-0.3, -0.25) is 24.6 Å². The zero-order chi connectivity index (χ0) is 34.7. The van der Waals surface area contributed by atoms with Crippen molar-refractivity contribution in [2.45, 2.75) is 68.8 Å². The van der Waals surface area contributed by atoms with Gasteiger partial charge in [-0.25, -0.2) is 17.9 Å². The van der Waals surface area contributed by atoms with Crippen LogP contribution in [0.3, 0.4) is 0 Å². The number of amides is 3. The Bertz CT molecular complexity index is 2030. The van der Waals surface area contributed by atoms with E-state index >= 15 is 0 Å². The Labute approximate surface area is 283 Å². The Kier molecular flexibility index (Phi) is 9.88. The number of carbonyl (C=O) groups is 3. The number of H-pyrrole nitrogens is 2. The van der Waals surface area contributed by atoms with Crippen molar-refractivity contribution in [3.8, 4) is 11.1 Å². The van der Waals surface area contributed by atoms with Crippen molar-refractivity contribution >= 4 is 44.5 Å². The Morgan fingerprint density at radius 2 is 1.65 bits per heavy atom. The maximum Gasteiger partial charge on any atom is 0.404 e. The molecule has 1 heterocycles. The van der Waals surface area contributed by atoms with E-state index in [-0.39, 0.29) is 40.7 Å². The third-order valence-corrected chi connectivity index (χ3v) is 10.9. The summed E-state index contributed by atoms with van der Waals surface area (Å²) in [5, 5.41) is 22.9. The number of rotatable bonds is 12. The van der Waals surface area contributed by atoms with Crippen molar-refractivity contribution in [2.75, 3.05) is 11.9 Å². The van der Waals surface area contributed by atoms with Crippen molar-refractivity contribution in [1.29, 1.82) is 0 Å². The zero-order valence-electron chi connectivity index (χ0n) is 27.0. The van der Waals surface area contributed by atoms with Crippen LogP contribution in [0.2, 0.25) is 0 Å². The summed E-state index contributed by atoms with van der Waals surface area (Å²) in [6, 6.07) is 16.7. The molecule has 13 nitrogen and oxygen atoms in total. The molecule has 49 heavy (non-hydrogen) atoms. The summed E-state index contributed by atoms with van der Waals surface area (Å²) in [6.07, 6.45) is 3.45. The second kappa shape index (κ2) is 14.3. The average molecular weight is 689 g/mol. The first-order chi connectivity index (χ1) is 23.4. The van der Waals surface area contributed by atoms with Gasteiger partial charge in [0.25, 0.3) is 5.56 Å². The van der Waals surface area contributed by atoms with E-state index in [0.29, 0.717) is 48.8 Å². The van der Waals surface area contributed by atoms with E-state index in [1.807, 2.05) is 31.2 Å². The van der Waals surface area contributed by atoms with E-state index in [0.717, 1.165) is 35.1 Å². The molecule has 1 aromatic heterocycles. The number of anilines is 1. The van der Waals surface area contributed by atoms with Gasteiger partial charge in [-0.2, -0.15) is 0 Å². The van der Waals surface area contributed by atoms with E-state index in [1.54, 1.807) is 36.4 Å². The van der Waals surface area contributed by atoms with Crippen molar-refractivity contribution in [1.82, 2.24) is 25.6 Å². The molecular formula is C35H40N6O7S. The number of aromatic nitrogens is 2. The Hall–Kier alpha value is -4.95. The summed E-state index contributed by atoms with van der Waals surface area (Å²) < 4.78 is 28.1. The Balaban J connectivity index is 1.16. The molecule has 14 heteroatoms. The summed E-state index contributed by atoms with van der Waals surface area (Å²) in [5.41, 5.74) is 4.11. The van der Waals surface area contributed by atoms with Crippen LogP contribution in [-0.2, 0) is 26.0 Å². The number of aromatic amines is 2. The van der Waals surface area contributed by atoms with E-state index < -0.39 is 28.1 Å². The van der Waals surface area contributed by atoms with Crippen LogP contribution >= 0.6 is 0 Å². The average Bonchev–Trinajstić information content (AvgIpc) is 3.82. The lowest BCUT2D eigenvalue weighted by Crippen LogP contribution is -2.48. The normalized spacial score (nSPS) is 18.5. The van der Waals surface area contributed by atoms with Gasteiger partial charge in [-0.15, -0.1) is 0 Å². The molecule has 4 aromatic rings. The molecule has 2 aliphatic rings. The standard InChI is InChI=1S/C35H40N6O7S/c1-20-16-27(49(47,48)41-25-10-11-25)13-15-28(20)23-6-2-21(3-7-23)17-31(34(44)37-26-12-14-29-30(18-26)39-40-33(29)43)38-32(42)24-8-4-22(5-9-24)19-36-35(45)46/h2-3,6-7,12-16,18,22,24-25,31,36,41H,4-5,8-11,17,19H2,1H3,(H,37,44)(H,38,42)(H,45,46)(H2,39,40,43)/t22?,24?,31-/m0/s1. The fraction of sp³-hybridized carbons (Fsp3) is 0.371. The number of sulfonamides is 1. The quantitative estimate of drug-likeness (QED) is 0.116. The highest BCUT2D eigenvalue weighted by molar-refractivity contribution is 7.89. The fourth-order valence-corrected chi connectivity index (χ4v) is 7.77. The molecule has 6 rings (SSSR count). The minimum Gasteiger partial charge on any atom is -0.465 e. The molecule has 258 valence electrons. The topological polar surface area (TPSA) is 202 Å². The number of benzene rings is 3. The maximum absolute atomic E-state index is 13.7. The van der Waals surface area contributed by atoms with Gasteiger partial charge in [0.15, 0.2) is 0 Å². The highest BCUT2D eigenvalue weighted by Gasteiger charge is 2.31. The van der Waals surface area contributed by atoms with E-state index in [2.05, 4.69) is 30.9 Å². The fourth-order valence-electron chi connectivity index (χ4n) is 6.38. The largest absolute Gasteiger partial charge is 0.465 e. The van der Waals surface area contributed by atoms with Crippen LogP contribution in [0.25, 0.3) is 22.0 Å². The molecule has 0 saturated heterocycles. The van der Waals surface area contributed by atoms with Gasteiger partial charge >= 0.3 is 6.09 Å². The number of fused-ring (bicyclic) bond motifs is 1. The van der Waals surface area contributed by atoms with Crippen LogP contribution in [-0.4, -0.2) is 60.3 Å². The maximum atomic E-state index is 13.7. The van der Waals surface area contributed by atoms with Gasteiger partial charge in [-0.1, -0.05) is 30.3 Å². The SMILES string of the molecule is Cc1cc(S(=O)(=O)NC2CC2)ccc1-c1ccc(C[C@H](NC(=O)C2CCC(CNC(=O)O)CC2)C(=O)Nc2ccc3c(=O)[nH][nH]c3c2)cc1. The molecule has 2 aliphatic carbocycles. The Morgan fingerprint density at radius 1 is 0.918 bits per heavy atom. The Morgan fingerprint density at radius 3 is 2.33 bits per heavy atom. The smallest absolute Gasteiger partial charge is 0.404 e. The first-order valence-corrected chi connectivity index (χ1v) is 17.9. The van der Waals surface area contributed by atoms with Crippen LogP contribution < -0.4 is 26.2 Å². The van der Waals surface area contributed by atoms with Crippen molar-refractivity contribution in [2.24, 2.45) is 11.8 Å². The second-order valence-electron chi connectivity index (χ2n) is 13.1. The molecule has 3 aromatic carbocycles. The summed E-state index contributed by atoms with van der Waals surface area (Å²) in [6.45, 7) is 2.22. The first kappa shape index (κ1) is 33.9. The van der Waals surface area contributed by atoms with Gasteiger partial charge in [-0.05, 0) is 104 Å². The minimum atomic E-state index is -3.57. The molecular weight excluding hydrogens is 648 g/mol. The molecule has 2 saturated carbocycles. The molecule has 3 amide bonds. The van der Waals surface area contributed by atoms with Gasteiger partial charge in [0, 0.05) is 30.6 Å². The third-order valence-electron chi connectivity index (χ3n) is 9.35. The molecule has 0 bridgehead atoms. The molecule has 0 unspecified atom stereocenters. The molecule has 7 N–H and O–H groups in total. The summed E-state index contributed by atoms with van der Waals surface area (Å²) in [7, 11) is -3.57. The predicted octanol–water partition coefficient (Wildman–Crippen LogP) is 4.01. The summed E-state index contributed by atoms with van der Waals surface area (Å²) >= 11 is 0. The van der Waals surface area contributed by atoms with E-state index in [9.17, 15) is 27.6 Å². The lowest BCUT2D eigenvalue weighted by atomic mass is 9.81.